The van der Waals surface area contributed by atoms with Crippen LogP contribution in [0.4, 0.5) is 0 Å². The molecule has 0 aliphatic carbocycles. The normalized spacial score (nSPS) is 11.8. The summed E-state index contributed by atoms with van der Waals surface area (Å²) in [6.45, 7) is 0. The molecule has 0 amide bonds. The molecule has 0 bridgehead atoms. The molecule has 0 unspecified atom stereocenters. The molecule has 0 saturated heterocycles. The first-order valence-electron chi connectivity index (χ1n) is 23.3. The molecular weight excluding hydrogens is 843 g/mol. The molecule has 0 radical (unpaired) electrons. The lowest BCUT2D eigenvalue weighted by Gasteiger charge is -2.11. The van der Waals surface area contributed by atoms with E-state index < -0.39 is 0 Å². The van der Waals surface area contributed by atoms with E-state index in [0.717, 1.165) is 93.9 Å². The van der Waals surface area contributed by atoms with Gasteiger partial charge in [0.25, 0.3) is 0 Å². The monoisotopic (exact) mass is 881 g/mol. The van der Waals surface area contributed by atoms with Crippen molar-refractivity contribution >= 4 is 65.6 Å². The van der Waals surface area contributed by atoms with E-state index >= 15 is 0 Å². The Morgan fingerprint density at radius 3 is 1.46 bits per heavy atom. The smallest absolute Gasteiger partial charge is 0.238 e. The Kier molecular flexibility index (Phi) is 8.79. The summed E-state index contributed by atoms with van der Waals surface area (Å²) in [5.41, 5.74) is 15.7. The Balaban J connectivity index is 0.975. The highest BCUT2D eigenvalue weighted by molar-refractivity contribution is 6.18. The zero-order valence-electron chi connectivity index (χ0n) is 37.2. The van der Waals surface area contributed by atoms with E-state index in [1.165, 1.54) is 21.8 Å². The van der Waals surface area contributed by atoms with Gasteiger partial charge in [0.1, 0.15) is 11.2 Å². The highest BCUT2D eigenvalue weighted by atomic mass is 16.3. The molecule has 4 aromatic heterocycles. The highest BCUT2D eigenvalue weighted by Gasteiger charge is 2.22. The van der Waals surface area contributed by atoms with Crippen molar-refractivity contribution < 1.29 is 4.42 Å². The van der Waals surface area contributed by atoms with Crippen molar-refractivity contribution in [3.8, 4) is 67.8 Å². The first-order chi connectivity index (χ1) is 34.2. The zero-order chi connectivity index (χ0) is 45.4. The second kappa shape index (κ2) is 15.6. The van der Waals surface area contributed by atoms with Crippen LogP contribution < -0.4 is 0 Å². The number of hydrogen-bond donors (Lipinski definition) is 0. The van der Waals surface area contributed by atoms with Crippen molar-refractivity contribution in [3.05, 3.63) is 237 Å². The van der Waals surface area contributed by atoms with E-state index in [-0.39, 0.29) is 0 Å². The van der Waals surface area contributed by atoms with E-state index in [1.54, 1.807) is 0 Å². The van der Waals surface area contributed by atoms with E-state index in [4.69, 9.17) is 19.4 Å². The molecule has 6 nitrogen and oxygen atoms in total. The van der Waals surface area contributed by atoms with Gasteiger partial charge in [-0.1, -0.05) is 170 Å². The number of benzene rings is 10. The summed E-state index contributed by atoms with van der Waals surface area (Å²) in [6, 6.07) is 83.4. The van der Waals surface area contributed by atoms with Crippen molar-refractivity contribution in [1.82, 2.24) is 24.1 Å². The van der Waals surface area contributed by atoms with Crippen LogP contribution in [0.15, 0.2) is 241 Å². The van der Waals surface area contributed by atoms with Gasteiger partial charge in [-0.3, -0.25) is 4.57 Å². The van der Waals surface area contributed by atoms with Gasteiger partial charge in [-0.05, 0) is 94.5 Å². The minimum atomic E-state index is 0.564. The molecule has 10 aromatic carbocycles. The number of para-hydroxylation sites is 3. The van der Waals surface area contributed by atoms with Crippen molar-refractivity contribution in [1.29, 1.82) is 0 Å². The van der Waals surface area contributed by atoms with Gasteiger partial charge in [-0.2, -0.15) is 9.97 Å². The van der Waals surface area contributed by atoms with Crippen LogP contribution in [0.3, 0.4) is 0 Å². The second-order valence-electron chi connectivity index (χ2n) is 17.6. The van der Waals surface area contributed by atoms with Gasteiger partial charge in [-0.15, -0.1) is 0 Å². The van der Waals surface area contributed by atoms with E-state index in [9.17, 15) is 0 Å². The molecule has 322 valence electrons. The first-order valence-corrected chi connectivity index (χ1v) is 23.3. The summed E-state index contributed by atoms with van der Waals surface area (Å²) in [6.07, 6.45) is 0. The van der Waals surface area contributed by atoms with Gasteiger partial charge in [0.05, 0.1) is 22.1 Å². The van der Waals surface area contributed by atoms with Gasteiger partial charge in [0, 0.05) is 54.7 Å². The van der Waals surface area contributed by atoms with Crippen molar-refractivity contribution in [2.24, 2.45) is 0 Å². The molecule has 6 heteroatoms. The Labute approximate surface area is 396 Å². The lowest BCUT2D eigenvalue weighted by Crippen LogP contribution is -2.06. The number of fused-ring (bicyclic) bond motifs is 9. The summed E-state index contributed by atoms with van der Waals surface area (Å²) in [5, 5.41) is 6.80. The average molecular weight is 882 g/mol. The fourth-order valence-electron chi connectivity index (χ4n) is 10.4. The lowest BCUT2D eigenvalue weighted by molar-refractivity contribution is 0.670. The number of aromatic nitrogens is 5. The molecule has 0 fully saturated rings. The zero-order valence-corrected chi connectivity index (χ0v) is 37.2. The maximum Gasteiger partial charge on any atom is 0.238 e. The Morgan fingerprint density at radius 2 is 0.812 bits per heavy atom. The summed E-state index contributed by atoms with van der Waals surface area (Å²) in [7, 11) is 0. The molecule has 14 rings (SSSR count). The van der Waals surface area contributed by atoms with Gasteiger partial charge in [0.15, 0.2) is 11.6 Å². The highest BCUT2D eigenvalue weighted by Crippen LogP contribution is 2.45. The third-order valence-electron chi connectivity index (χ3n) is 13.6. The number of hydrogen-bond acceptors (Lipinski definition) is 4. The second-order valence-corrected chi connectivity index (χ2v) is 17.6. The van der Waals surface area contributed by atoms with E-state index in [2.05, 4.69) is 185 Å². The number of rotatable bonds is 7. The van der Waals surface area contributed by atoms with Crippen LogP contribution in [0, 0.1) is 0 Å². The average Bonchev–Trinajstić information content (AvgIpc) is 4.09. The molecule has 69 heavy (non-hydrogen) atoms. The quantitative estimate of drug-likeness (QED) is 0.160. The van der Waals surface area contributed by atoms with Crippen LogP contribution in [0.2, 0.25) is 0 Å². The molecule has 0 spiro atoms. The van der Waals surface area contributed by atoms with E-state index in [0.29, 0.717) is 17.6 Å². The molecule has 0 aliphatic rings. The molecule has 0 aliphatic heterocycles. The van der Waals surface area contributed by atoms with Crippen LogP contribution in [0.5, 0.6) is 0 Å². The summed E-state index contributed by atoms with van der Waals surface area (Å²) in [4.78, 5) is 15.3. The molecule has 14 aromatic rings. The number of furan rings is 1. The molecule has 4 heterocycles. The maximum atomic E-state index is 6.95. The predicted octanol–water partition coefficient (Wildman–Crippen LogP) is 16.3. The minimum Gasteiger partial charge on any atom is -0.455 e. The van der Waals surface area contributed by atoms with Gasteiger partial charge >= 0.3 is 0 Å². The molecule has 0 atom stereocenters. The van der Waals surface area contributed by atoms with Crippen molar-refractivity contribution in [2.45, 2.75) is 0 Å². The SMILES string of the molecule is c1ccc(-c2nc(-c3ccccc3)nc(-n3c4ccccc4c4cc(-c5cc(-c6ccccc6)c6oc7cccc(-c8ccc9c(c8)c8ccccc8n9-c8ccccc8)c7c6c5)ccc43)n2)cc1. The largest absolute Gasteiger partial charge is 0.455 e. The Bertz CT molecular complexity index is 4230. The first kappa shape index (κ1) is 38.8. The molecule has 0 N–H and O–H groups in total. The van der Waals surface area contributed by atoms with Crippen LogP contribution in [0.25, 0.3) is 133 Å². The number of nitrogens with zero attached hydrogens (tertiary/aromatic N) is 5. The Morgan fingerprint density at radius 1 is 0.304 bits per heavy atom. The van der Waals surface area contributed by atoms with Gasteiger partial charge < -0.3 is 8.98 Å². The third kappa shape index (κ3) is 6.30. The summed E-state index contributed by atoms with van der Waals surface area (Å²) in [5.74, 6) is 1.80. The van der Waals surface area contributed by atoms with Gasteiger partial charge in [-0.25, -0.2) is 4.98 Å². The van der Waals surface area contributed by atoms with Gasteiger partial charge in [0.2, 0.25) is 5.95 Å². The van der Waals surface area contributed by atoms with Crippen LogP contribution in [0.1, 0.15) is 0 Å². The molecular formula is C63H39N5O. The minimum absolute atomic E-state index is 0.564. The summed E-state index contributed by atoms with van der Waals surface area (Å²) < 4.78 is 11.5. The van der Waals surface area contributed by atoms with Crippen LogP contribution in [-0.2, 0) is 0 Å². The topological polar surface area (TPSA) is 61.7 Å². The standard InChI is InChI=1S/C63H39N5O/c1-5-18-40(19-6-1)50-38-45(39-53-59-47(28-17-31-58(59)69-60(50)53)44-33-35-56-52(37-44)48-26-13-15-29-54(48)67(56)46-24-11-4-12-25-46)43-32-34-57-51(36-43)49-27-14-16-30-55(49)68(57)63-65-61(41-20-7-2-8-21-41)64-62(66-63)42-22-9-3-10-23-42/h1-39H. The van der Waals surface area contributed by atoms with Crippen LogP contribution >= 0.6 is 0 Å². The van der Waals surface area contributed by atoms with Crippen molar-refractivity contribution in [3.63, 3.8) is 0 Å². The van der Waals surface area contributed by atoms with Crippen LogP contribution in [-0.4, -0.2) is 24.1 Å². The Hall–Kier alpha value is -9.39. The molecule has 0 saturated carbocycles. The fraction of sp³-hybridized carbons (Fsp3) is 0. The maximum absolute atomic E-state index is 6.95. The predicted molar refractivity (Wildman–Crippen MR) is 283 cm³/mol. The van der Waals surface area contributed by atoms with E-state index in [1.807, 2.05) is 60.7 Å². The summed E-state index contributed by atoms with van der Waals surface area (Å²) >= 11 is 0. The lowest BCUT2D eigenvalue weighted by atomic mass is 9.93. The third-order valence-corrected chi connectivity index (χ3v) is 13.6. The van der Waals surface area contributed by atoms with Crippen molar-refractivity contribution in [2.75, 3.05) is 0 Å². The fourth-order valence-corrected chi connectivity index (χ4v) is 10.4.